The van der Waals surface area contributed by atoms with Crippen LogP contribution in [0.4, 0.5) is 10.6 Å². The largest absolute Gasteiger partial charge is 0.491 e. The van der Waals surface area contributed by atoms with Crippen molar-refractivity contribution in [3.8, 4) is 28.4 Å². The number of amides is 1. The second kappa shape index (κ2) is 12.9. The van der Waals surface area contributed by atoms with Crippen LogP contribution >= 0.6 is 0 Å². The highest BCUT2D eigenvalue weighted by molar-refractivity contribution is 5.75. The summed E-state index contributed by atoms with van der Waals surface area (Å²) in [5, 5.41) is 17.1. The van der Waals surface area contributed by atoms with Crippen LogP contribution in [0.2, 0.25) is 0 Å². The number of hydrogen-bond donors (Lipinski definition) is 2. The Bertz CT molecular complexity index is 1250. The number of aromatic nitrogens is 3. The minimum Gasteiger partial charge on any atom is -0.491 e. The van der Waals surface area contributed by atoms with Gasteiger partial charge in [-0.2, -0.15) is 0 Å². The Hall–Kier alpha value is -3.70. The summed E-state index contributed by atoms with van der Waals surface area (Å²) in [7, 11) is 1.78. The van der Waals surface area contributed by atoms with Gasteiger partial charge in [-0.15, -0.1) is 0 Å². The average molecular weight is 539 g/mol. The van der Waals surface area contributed by atoms with E-state index in [2.05, 4.69) is 15.4 Å². The summed E-state index contributed by atoms with van der Waals surface area (Å²) >= 11 is 0. The highest BCUT2D eigenvalue weighted by Crippen LogP contribution is 2.35. The smallest absolute Gasteiger partial charge is 0.409 e. The number of aryl methyl sites for hydroxylation is 2. The van der Waals surface area contributed by atoms with E-state index in [-0.39, 0.29) is 12.7 Å². The van der Waals surface area contributed by atoms with Crippen molar-refractivity contribution in [1.29, 1.82) is 0 Å². The first kappa shape index (κ1) is 28.3. The maximum atomic E-state index is 12.4. The number of carbonyl (C=O) groups is 1. The third-order valence-electron chi connectivity index (χ3n) is 6.63. The lowest BCUT2D eigenvalue weighted by Gasteiger charge is -2.35. The van der Waals surface area contributed by atoms with Gasteiger partial charge in [0.2, 0.25) is 0 Å². The number of ether oxygens (including phenoxy) is 2. The second-order valence-corrected chi connectivity index (χ2v) is 9.68. The predicted molar refractivity (Wildman–Crippen MR) is 148 cm³/mol. The summed E-state index contributed by atoms with van der Waals surface area (Å²) in [6, 6.07) is 7.54. The molecule has 1 unspecified atom stereocenters. The number of benzene rings is 1. The van der Waals surface area contributed by atoms with E-state index in [9.17, 15) is 9.90 Å². The molecule has 11 heteroatoms. The van der Waals surface area contributed by atoms with Crippen LogP contribution < -0.4 is 15.0 Å². The molecule has 1 aliphatic heterocycles. The number of hydrogen-bond acceptors (Lipinski definition) is 10. The standard InChI is InChI=1S/C28H38N6O5/c1-6-14-37-28(36)34-12-10-33(11-13-34)27-18(2)25(24-19(3)32-39-20(24)4)30-26(31-27)21-8-7-9-23(15-21)38-17-22(35)16-29-5/h7-9,15,22,29,35H,6,10-14,16-17H2,1-5H3. The van der Waals surface area contributed by atoms with Crippen molar-refractivity contribution < 1.29 is 23.9 Å². The highest BCUT2D eigenvalue weighted by Gasteiger charge is 2.27. The SMILES string of the molecule is CCCOC(=O)N1CCN(c2nc(-c3cccc(OCC(O)CNC)c3)nc(-c3c(C)noc3C)c2C)CC1. The van der Waals surface area contributed by atoms with Gasteiger partial charge in [0.25, 0.3) is 0 Å². The summed E-state index contributed by atoms with van der Waals surface area (Å²) in [5.74, 6) is 2.64. The molecule has 0 spiro atoms. The van der Waals surface area contributed by atoms with Crippen molar-refractivity contribution in [1.82, 2.24) is 25.3 Å². The lowest BCUT2D eigenvalue weighted by Crippen LogP contribution is -2.49. The quantitative estimate of drug-likeness (QED) is 0.397. The molecule has 39 heavy (non-hydrogen) atoms. The van der Waals surface area contributed by atoms with E-state index in [1.54, 1.807) is 11.9 Å². The van der Waals surface area contributed by atoms with Crippen molar-refractivity contribution >= 4 is 11.9 Å². The van der Waals surface area contributed by atoms with Gasteiger partial charge in [-0.25, -0.2) is 14.8 Å². The predicted octanol–water partition coefficient (Wildman–Crippen LogP) is 3.35. The van der Waals surface area contributed by atoms with Crippen LogP contribution in [0.3, 0.4) is 0 Å². The number of likely N-dealkylation sites (N-methyl/N-ethyl adjacent to an activating group) is 1. The fourth-order valence-electron chi connectivity index (χ4n) is 4.60. The fourth-order valence-corrected chi connectivity index (χ4v) is 4.60. The first-order chi connectivity index (χ1) is 18.8. The van der Waals surface area contributed by atoms with Gasteiger partial charge < -0.3 is 34.2 Å². The normalized spacial score (nSPS) is 14.4. The van der Waals surface area contributed by atoms with Crippen LogP contribution in [-0.4, -0.2) is 90.3 Å². The molecule has 1 aromatic carbocycles. The molecule has 0 saturated carbocycles. The molecular weight excluding hydrogens is 500 g/mol. The minimum absolute atomic E-state index is 0.166. The van der Waals surface area contributed by atoms with Crippen LogP contribution in [0.25, 0.3) is 22.6 Å². The Morgan fingerprint density at radius 3 is 2.62 bits per heavy atom. The van der Waals surface area contributed by atoms with E-state index < -0.39 is 6.10 Å². The number of anilines is 1. The van der Waals surface area contributed by atoms with Gasteiger partial charge in [0.15, 0.2) is 5.82 Å². The molecule has 0 aliphatic carbocycles. The highest BCUT2D eigenvalue weighted by atomic mass is 16.6. The van der Waals surface area contributed by atoms with Crippen LogP contribution in [0.5, 0.6) is 5.75 Å². The average Bonchev–Trinajstić information content (AvgIpc) is 3.28. The molecule has 3 heterocycles. The van der Waals surface area contributed by atoms with Crippen molar-refractivity contribution in [2.24, 2.45) is 0 Å². The van der Waals surface area contributed by atoms with E-state index in [1.165, 1.54) is 0 Å². The summed E-state index contributed by atoms with van der Waals surface area (Å²) in [4.78, 5) is 26.2. The number of aliphatic hydroxyl groups is 1. The van der Waals surface area contributed by atoms with Gasteiger partial charge >= 0.3 is 6.09 Å². The molecule has 11 nitrogen and oxygen atoms in total. The molecule has 0 bridgehead atoms. The number of nitrogens with one attached hydrogen (secondary N) is 1. The topological polar surface area (TPSA) is 126 Å². The zero-order valence-corrected chi connectivity index (χ0v) is 23.4. The van der Waals surface area contributed by atoms with Crippen LogP contribution in [0, 0.1) is 20.8 Å². The summed E-state index contributed by atoms with van der Waals surface area (Å²) in [6.07, 6.45) is -0.100. The van der Waals surface area contributed by atoms with Crippen molar-refractivity contribution in [2.75, 3.05) is 57.9 Å². The number of carbonyl (C=O) groups excluding carboxylic acids is 1. The lowest BCUT2D eigenvalue weighted by molar-refractivity contribution is 0.100. The maximum absolute atomic E-state index is 12.4. The summed E-state index contributed by atoms with van der Waals surface area (Å²) in [5.41, 5.74) is 4.06. The van der Waals surface area contributed by atoms with Gasteiger partial charge in [-0.1, -0.05) is 24.2 Å². The molecule has 3 aromatic rings. The van der Waals surface area contributed by atoms with Gasteiger partial charge in [-0.05, 0) is 46.4 Å². The molecule has 210 valence electrons. The summed E-state index contributed by atoms with van der Waals surface area (Å²) < 4.78 is 16.6. The Kier molecular flexibility index (Phi) is 9.36. The van der Waals surface area contributed by atoms with Crippen molar-refractivity contribution in [3.05, 3.63) is 41.3 Å². The van der Waals surface area contributed by atoms with E-state index in [4.69, 9.17) is 24.0 Å². The Morgan fingerprint density at radius 1 is 1.18 bits per heavy atom. The van der Waals surface area contributed by atoms with E-state index in [1.807, 2.05) is 52.0 Å². The molecule has 2 aromatic heterocycles. The minimum atomic E-state index is -0.620. The maximum Gasteiger partial charge on any atom is 0.409 e. The van der Waals surface area contributed by atoms with Gasteiger partial charge in [0.1, 0.15) is 30.0 Å². The first-order valence-electron chi connectivity index (χ1n) is 13.4. The molecule has 1 fully saturated rings. The van der Waals surface area contributed by atoms with Crippen LogP contribution in [0.15, 0.2) is 28.8 Å². The molecule has 0 radical (unpaired) electrons. The number of nitrogens with zero attached hydrogens (tertiary/aromatic N) is 5. The Balaban J connectivity index is 1.67. The van der Waals surface area contributed by atoms with Gasteiger partial charge in [0, 0.05) is 43.9 Å². The van der Waals surface area contributed by atoms with E-state index >= 15 is 0 Å². The van der Waals surface area contributed by atoms with E-state index in [0.29, 0.717) is 56.7 Å². The number of piperazine rings is 1. The number of aliphatic hydroxyl groups excluding tert-OH is 1. The molecule has 1 saturated heterocycles. The van der Waals surface area contributed by atoms with Gasteiger partial charge in [-0.3, -0.25) is 0 Å². The molecule has 2 N–H and O–H groups in total. The van der Waals surface area contributed by atoms with Crippen LogP contribution in [0.1, 0.15) is 30.4 Å². The lowest BCUT2D eigenvalue weighted by atomic mass is 10.0. The Morgan fingerprint density at radius 2 is 1.95 bits per heavy atom. The third kappa shape index (κ3) is 6.66. The number of rotatable bonds is 10. The monoisotopic (exact) mass is 538 g/mol. The molecular formula is C28H38N6O5. The summed E-state index contributed by atoms with van der Waals surface area (Å²) in [6.45, 7) is 11.1. The third-order valence-corrected chi connectivity index (χ3v) is 6.63. The molecule has 1 aliphatic rings. The zero-order valence-electron chi connectivity index (χ0n) is 23.4. The fraction of sp³-hybridized carbons (Fsp3) is 0.500. The second-order valence-electron chi connectivity index (χ2n) is 9.68. The first-order valence-corrected chi connectivity index (χ1v) is 13.4. The Labute approximate surface area is 229 Å². The van der Waals surface area contributed by atoms with Crippen molar-refractivity contribution in [2.45, 2.75) is 40.2 Å². The molecule has 1 atom stereocenters. The molecule has 1 amide bonds. The zero-order chi connectivity index (χ0) is 27.9. The molecule has 4 rings (SSSR count). The van der Waals surface area contributed by atoms with Gasteiger partial charge in [0.05, 0.1) is 23.6 Å². The van der Waals surface area contributed by atoms with E-state index in [0.717, 1.165) is 40.3 Å². The van der Waals surface area contributed by atoms with Crippen LogP contribution in [-0.2, 0) is 4.74 Å². The van der Waals surface area contributed by atoms with Crippen molar-refractivity contribution in [3.63, 3.8) is 0 Å².